The zero-order valence-corrected chi connectivity index (χ0v) is 7.87. The largest absolute Gasteiger partial charge is 0.316 e. The Morgan fingerprint density at radius 3 is 2.75 bits per heavy atom. The first-order valence-corrected chi connectivity index (χ1v) is 4.12. The van der Waals surface area contributed by atoms with Gasteiger partial charge in [-0.3, -0.25) is 0 Å². The first-order chi connectivity index (χ1) is 5.66. The van der Waals surface area contributed by atoms with E-state index in [1.165, 1.54) is 6.07 Å². The second-order valence-electron chi connectivity index (χ2n) is 2.69. The quantitative estimate of drug-likeness (QED) is 0.750. The molecule has 0 saturated carbocycles. The van der Waals surface area contributed by atoms with Crippen LogP contribution in [0.4, 0.5) is 4.39 Å². The molecule has 0 saturated heterocycles. The summed E-state index contributed by atoms with van der Waals surface area (Å²) in [5, 5.41) is 3.17. The molecule has 0 bridgehead atoms. The molecule has 0 fully saturated rings. The molecule has 0 spiro atoms. The van der Waals surface area contributed by atoms with Gasteiger partial charge in [0.2, 0.25) is 0 Å². The van der Waals surface area contributed by atoms with E-state index in [9.17, 15) is 4.39 Å². The van der Waals surface area contributed by atoms with Gasteiger partial charge in [-0.05, 0) is 31.2 Å². The summed E-state index contributed by atoms with van der Waals surface area (Å²) in [5.41, 5.74) is 1.84. The van der Waals surface area contributed by atoms with Crippen LogP contribution in [0.2, 0.25) is 5.02 Å². The highest BCUT2D eigenvalue weighted by Crippen LogP contribution is 2.22. The Labute approximate surface area is 76.5 Å². The topological polar surface area (TPSA) is 12.0 Å². The van der Waals surface area contributed by atoms with E-state index in [0.29, 0.717) is 6.54 Å². The fraction of sp³-hybridized carbons (Fsp3) is 0.333. The fourth-order valence-corrected chi connectivity index (χ4v) is 1.36. The lowest BCUT2D eigenvalue weighted by Crippen LogP contribution is -2.07. The van der Waals surface area contributed by atoms with Crippen molar-refractivity contribution in [3.63, 3.8) is 0 Å². The summed E-state index contributed by atoms with van der Waals surface area (Å²) in [5.74, 6) is -0.354. The summed E-state index contributed by atoms with van der Waals surface area (Å²) >= 11 is 5.76. The highest BCUT2D eigenvalue weighted by molar-refractivity contribution is 6.31. The van der Waals surface area contributed by atoms with Crippen LogP contribution in [0.25, 0.3) is 0 Å². The molecule has 1 rings (SSSR count). The molecule has 0 aliphatic heterocycles. The predicted octanol–water partition coefficient (Wildman–Crippen LogP) is 2.51. The van der Waals surface area contributed by atoms with Gasteiger partial charge in [-0.25, -0.2) is 4.39 Å². The molecule has 66 valence electrons. The van der Waals surface area contributed by atoms with Gasteiger partial charge in [-0.1, -0.05) is 17.7 Å². The van der Waals surface area contributed by atoms with Crippen molar-refractivity contribution in [2.75, 3.05) is 7.05 Å². The molecule has 1 nitrogen and oxygen atoms in total. The molecule has 3 heteroatoms. The summed E-state index contributed by atoms with van der Waals surface area (Å²) in [6.07, 6.45) is 0. The van der Waals surface area contributed by atoms with Crippen LogP contribution in [-0.2, 0) is 6.54 Å². The molecular formula is C9H11ClFN. The van der Waals surface area contributed by atoms with Crippen molar-refractivity contribution in [2.45, 2.75) is 13.5 Å². The van der Waals surface area contributed by atoms with Gasteiger partial charge in [0, 0.05) is 6.54 Å². The zero-order valence-electron chi connectivity index (χ0n) is 7.12. The molecule has 0 heterocycles. The van der Waals surface area contributed by atoms with Crippen LogP contribution in [0.1, 0.15) is 11.1 Å². The van der Waals surface area contributed by atoms with Gasteiger partial charge >= 0.3 is 0 Å². The molecule has 0 radical (unpaired) electrons. The summed E-state index contributed by atoms with van der Waals surface area (Å²) < 4.78 is 12.9. The summed E-state index contributed by atoms with van der Waals surface area (Å²) in [7, 11) is 1.81. The van der Waals surface area contributed by atoms with E-state index >= 15 is 0 Å². The number of hydrogen-bond acceptors (Lipinski definition) is 1. The average Bonchev–Trinajstić information content (AvgIpc) is 2.06. The standard InChI is InChI=1S/C9H11ClFN/c1-6-3-4-8(11)9(10)7(6)5-12-2/h3-4,12H,5H2,1-2H3. The number of aryl methyl sites for hydroxylation is 1. The lowest BCUT2D eigenvalue weighted by atomic mass is 10.1. The van der Waals surface area contributed by atoms with E-state index in [4.69, 9.17) is 11.6 Å². The van der Waals surface area contributed by atoms with Gasteiger partial charge in [-0.2, -0.15) is 0 Å². The van der Waals surface area contributed by atoms with Crippen LogP contribution in [-0.4, -0.2) is 7.05 Å². The van der Waals surface area contributed by atoms with Crippen molar-refractivity contribution in [1.82, 2.24) is 5.32 Å². The Hall–Kier alpha value is -0.600. The van der Waals surface area contributed by atoms with Gasteiger partial charge in [-0.15, -0.1) is 0 Å². The molecule has 12 heavy (non-hydrogen) atoms. The molecular weight excluding hydrogens is 177 g/mol. The fourth-order valence-electron chi connectivity index (χ4n) is 1.08. The van der Waals surface area contributed by atoms with E-state index in [-0.39, 0.29) is 10.8 Å². The Morgan fingerprint density at radius 1 is 1.50 bits per heavy atom. The summed E-state index contributed by atoms with van der Waals surface area (Å²) in [4.78, 5) is 0. The van der Waals surface area contributed by atoms with Crippen molar-refractivity contribution < 1.29 is 4.39 Å². The average molecular weight is 188 g/mol. The molecule has 1 aromatic rings. The first-order valence-electron chi connectivity index (χ1n) is 3.75. The third-order valence-electron chi connectivity index (χ3n) is 1.78. The molecule has 0 unspecified atom stereocenters. The number of rotatable bonds is 2. The molecule has 0 aliphatic rings. The van der Waals surface area contributed by atoms with Crippen molar-refractivity contribution in [3.05, 3.63) is 34.1 Å². The van der Waals surface area contributed by atoms with E-state index in [1.54, 1.807) is 13.1 Å². The number of hydrogen-bond donors (Lipinski definition) is 1. The lowest BCUT2D eigenvalue weighted by molar-refractivity contribution is 0.623. The second-order valence-corrected chi connectivity index (χ2v) is 3.07. The zero-order chi connectivity index (χ0) is 9.14. The van der Waals surface area contributed by atoms with Gasteiger partial charge in [0.25, 0.3) is 0 Å². The Balaban J connectivity index is 3.14. The second kappa shape index (κ2) is 3.87. The number of halogens is 2. The highest BCUT2D eigenvalue weighted by Gasteiger charge is 2.07. The van der Waals surface area contributed by atoms with Crippen molar-refractivity contribution in [3.8, 4) is 0 Å². The van der Waals surface area contributed by atoms with Crippen LogP contribution in [0.5, 0.6) is 0 Å². The minimum atomic E-state index is -0.354. The third-order valence-corrected chi connectivity index (χ3v) is 2.19. The van der Waals surface area contributed by atoms with E-state index in [0.717, 1.165) is 11.1 Å². The predicted molar refractivity (Wildman–Crippen MR) is 48.9 cm³/mol. The monoisotopic (exact) mass is 187 g/mol. The minimum Gasteiger partial charge on any atom is -0.316 e. The lowest BCUT2D eigenvalue weighted by Gasteiger charge is -2.07. The molecule has 0 aliphatic carbocycles. The maximum Gasteiger partial charge on any atom is 0.142 e. The van der Waals surface area contributed by atoms with Crippen LogP contribution < -0.4 is 5.32 Å². The normalized spacial score (nSPS) is 10.3. The van der Waals surface area contributed by atoms with Crippen LogP contribution in [0.3, 0.4) is 0 Å². The van der Waals surface area contributed by atoms with Crippen LogP contribution in [0, 0.1) is 12.7 Å². The molecule has 0 atom stereocenters. The summed E-state index contributed by atoms with van der Waals surface area (Å²) in [6.45, 7) is 2.51. The Bertz CT molecular complexity index is 286. The Morgan fingerprint density at radius 2 is 2.17 bits per heavy atom. The van der Waals surface area contributed by atoms with E-state index < -0.39 is 0 Å². The van der Waals surface area contributed by atoms with E-state index in [1.807, 2.05) is 6.92 Å². The smallest absolute Gasteiger partial charge is 0.142 e. The van der Waals surface area contributed by atoms with Crippen LogP contribution >= 0.6 is 11.6 Å². The van der Waals surface area contributed by atoms with Gasteiger partial charge < -0.3 is 5.32 Å². The minimum absolute atomic E-state index is 0.226. The maximum atomic E-state index is 12.9. The van der Waals surface area contributed by atoms with E-state index in [2.05, 4.69) is 5.32 Å². The number of nitrogens with one attached hydrogen (secondary N) is 1. The Kier molecular flexibility index (Phi) is 3.06. The summed E-state index contributed by atoms with van der Waals surface area (Å²) in [6, 6.07) is 3.12. The number of benzene rings is 1. The van der Waals surface area contributed by atoms with Gasteiger partial charge in [0.1, 0.15) is 5.82 Å². The van der Waals surface area contributed by atoms with Gasteiger partial charge in [0.15, 0.2) is 0 Å². The van der Waals surface area contributed by atoms with Crippen molar-refractivity contribution in [2.24, 2.45) is 0 Å². The maximum absolute atomic E-state index is 12.9. The van der Waals surface area contributed by atoms with Crippen molar-refractivity contribution >= 4 is 11.6 Å². The molecule has 1 aromatic carbocycles. The molecule has 0 aromatic heterocycles. The molecule has 1 N–H and O–H groups in total. The third kappa shape index (κ3) is 1.76. The van der Waals surface area contributed by atoms with Crippen molar-refractivity contribution in [1.29, 1.82) is 0 Å². The SMILES string of the molecule is CNCc1c(C)ccc(F)c1Cl. The van der Waals surface area contributed by atoms with Gasteiger partial charge in [0.05, 0.1) is 5.02 Å². The highest BCUT2D eigenvalue weighted by atomic mass is 35.5. The first kappa shape index (κ1) is 9.49. The molecule has 0 amide bonds. The van der Waals surface area contributed by atoms with Crippen LogP contribution in [0.15, 0.2) is 12.1 Å².